The molecule has 1 aromatic carbocycles. The molecular weight excluding hydrogens is 330 g/mol. The number of rotatable bonds is 4. The molecule has 1 aliphatic carbocycles. The molecule has 2 heterocycles. The molecule has 1 saturated carbocycles. The van der Waals surface area contributed by atoms with Crippen LogP contribution < -0.4 is 10.6 Å². The molecule has 0 unspecified atom stereocenters. The minimum absolute atomic E-state index is 0.000503. The SMILES string of the molecule is O=C(NCc1ccccc1)[C@H]1C[C@@H]2CN(C(=O)NC3CCCC3)C[C@H]1O2. The summed E-state index contributed by atoms with van der Waals surface area (Å²) in [6.07, 6.45) is 5.01. The van der Waals surface area contributed by atoms with Gasteiger partial charge in [-0.05, 0) is 24.8 Å². The van der Waals surface area contributed by atoms with E-state index < -0.39 is 0 Å². The first kappa shape index (κ1) is 17.3. The summed E-state index contributed by atoms with van der Waals surface area (Å²) in [5.41, 5.74) is 1.08. The van der Waals surface area contributed by atoms with E-state index in [1.807, 2.05) is 35.2 Å². The van der Waals surface area contributed by atoms with E-state index in [1.165, 1.54) is 12.8 Å². The number of ether oxygens (including phenoxy) is 1. The van der Waals surface area contributed by atoms with Crippen molar-refractivity contribution in [3.05, 3.63) is 35.9 Å². The molecule has 6 nitrogen and oxygen atoms in total. The largest absolute Gasteiger partial charge is 0.370 e. The van der Waals surface area contributed by atoms with Gasteiger partial charge in [0.1, 0.15) is 0 Å². The molecule has 0 aromatic heterocycles. The van der Waals surface area contributed by atoms with Gasteiger partial charge in [0, 0.05) is 25.7 Å². The lowest BCUT2D eigenvalue weighted by molar-refractivity contribution is -0.127. The number of likely N-dealkylation sites (tertiary alicyclic amines) is 1. The Hall–Kier alpha value is -2.08. The van der Waals surface area contributed by atoms with Crippen molar-refractivity contribution < 1.29 is 14.3 Å². The highest BCUT2D eigenvalue weighted by molar-refractivity contribution is 5.80. The summed E-state index contributed by atoms with van der Waals surface area (Å²) >= 11 is 0. The number of morpholine rings is 1. The molecule has 1 aromatic rings. The van der Waals surface area contributed by atoms with Crippen molar-refractivity contribution in [3.8, 4) is 0 Å². The molecule has 6 heteroatoms. The van der Waals surface area contributed by atoms with Crippen LogP contribution in [-0.4, -0.2) is 48.2 Å². The summed E-state index contributed by atoms with van der Waals surface area (Å²) in [5.74, 6) is -0.146. The van der Waals surface area contributed by atoms with Gasteiger partial charge in [0.25, 0.3) is 0 Å². The number of benzene rings is 1. The van der Waals surface area contributed by atoms with Crippen LogP contribution in [-0.2, 0) is 16.1 Å². The van der Waals surface area contributed by atoms with Crippen LogP contribution in [0.1, 0.15) is 37.7 Å². The van der Waals surface area contributed by atoms with Gasteiger partial charge in [0.2, 0.25) is 5.91 Å². The normalized spacial score (nSPS) is 28.2. The number of nitrogens with one attached hydrogen (secondary N) is 2. The predicted octanol–water partition coefficient (Wildman–Crippen LogP) is 2.04. The van der Waals surface area contributed by atoms with Crippen molar-refractivity contribution >= 4 is 11.9 Å². The highest BCUT2D eigenvalue weighted by Crippen LogP contribution is 2.32. The highest BCUT2D eigenvalue weighted by Gasteiger charge is 2.45. The lowest BCUT2D eigenvalue weighted by Crippen LogP contribution is -2.52. The maximum absolute atomic E-state index is 12.6. The fraction of sp³-hybridized carbons (Fsp3) is 0.600. The Bertz CT molecular complexity index is 645. The lowest BCUT2D eigenvalue weighted by Gasteiger charge is -2.33. The Balaban J connectivity index is 1.30. The number of fused-ring (bicyclic) bond motifs is 2. The predicted molar refractivity (Wildman–Crippen MR) is 97.4 cm³/mol. The molecule has 0 spiro atoms. The van der Waals surface area contributed by atoms with Gasteiger partial charge in [-0.15, -0.1) is 0 Å². The van der Waals surface area contributed by atoms with Crippen LogP contribution in [0.25, 0.3) is 0 Å². The molecule has 140 valence electrons. The molecule has 3 atom stereocenters. The van der Waals surface area contributed by atoms with Gasteiger partial charge >= 0.3 is 6.03 Å². The summed E-state index contributed by atoms with van der Waals surface area (Å²) in [6.45, 7) is 1.61. The van der Waals surface area contributed by atoms with Gasteiger partial charge in [0.05, 0.1) is 18.1 Å². The number of hydrogen-bond donors (Lipinski definition) is 2. The van der Waals surface area contributed by atoms with E-state index in [-0.39, 0.29) is 30.1 Å². The minimum atomic E-state index is -0.196. The minimum Gasteiger partial charge on any atom is -0.370 e. The van der Waals surface area contributed by atoms with Crippen molar-refractivity contribution in [1.82, 2.24) is 15.5 Å². The molecule has 26 heavy (non-hydrogen) atoms. The summed E-state index contributed by atoms with van der Waals surface area (Å²) in [5, 5.41) is 6.16. The van der Waals surface area contributed by atoms with Crippen molar-refractivity contribution in [2.45, 2.75) is 56.9 Å². The Morgan fingerprint density at radius 3 is 2.65 bits per heavy atom. The molecular formula is C20H27N3O3. The smallest absolute Gasteiger partial charge is 0.317 e. The lowest BCUT2D eigenvalue weighted by atomic mass is 9.99. The molecule has 2 saturated heterocycles. The zero-order valence-electron chi connectivity index (χ0n) is 15.0. The van der Waals surface area contributed by atoms with E-state index in [4.69, 9.17) is 4.74 Å². The van der Waals surface area contributed by atoms with Crippen molar-refractivity contribution in [2.75, 3.05) is 13.1 Å². The number of hydrogen-bond acceptors (Lipinski definition) is 3. The van der Waals surface area contributed by atoms with Gasteiger partial charge in [-0.1, -0.05) is 43.2 Å². The fourth-order valence-electron chi connectivity index (χ4n) is 4.35. The second kappa shape index (κ2) is 7.66. The average molecular weight is 357 g/mol. The standard InChI is InChI=1S/C20H27N3O3/c24-19(21-11-14-6-2-1-3-7-14)17-10-16-12-23(13-18(17)26-16)20(25)22-15-8-4-5-9-15/h1-3,6-7,15-18H,4-5,8-13H2,(H,21,24)(H,22,25)/t16-,17+,18-/m1/s1. The summed E-state index contributed by atoms with van der Waals surface area (Å²) in [4.78, 5) is 27.0. The quantitative estimate of drug-likeness (QED) is 0.866. The van der Waals surface area contributed by atoms with Crippen LogP contribution in [0.2, 0.25) is 0 Å². The van der Waals surface area contributed by atoms with Crippen LogP contribution in [0.15, 0.2) is 30.3 Å². The van der Waals surface area contributed by atoms with E-state index in [9.17, 15) is 9.59 Å². The maximum atomic E-state index is 12.6. The van der Waals surface area contributed by atoms with Crippen LogP contribution in [0, 0.1) is 5.92 Å². The van der Waals surface area contributed by atoms with E-state index >= 15 is 0 Å². The average Bonchev–Trinajstić information content (AvgIpc) is 3.27. The Labute approximate surface area is 154 Å². The molecule has 3 fully saturated rings. The highest BCUT2D eigenvalue weighted by atomic mass is 16.5. The third kappa shape index (κ3) is 3.85. The molecule has 0 radical (unpaired) electrons. The topological polar surface area (TPSA) is 70.7 Å². The van der Waals surface area contributed by atoms with Gasteiger partial charge in [-0.2, -0.15) is 0 Å². The first-order chi connectivity index (χ1) is 12.7. The third-order valence-corrected chi connectivity index (χ3v) is 5.77. The first-order valence-electron chi connectivity index (χ1n) is 9.71. The first-order valence-corrected chi connectivity index (χ1v) is 9.71. The van der Waals surface area contributed by atoms with E-state index in [1.54, 1.807) is 0 Å². The van der Waals surface area contributed by atoms with Gasteiger partial charge in [0.15, 0.2) is 0 Å². The van der Waals surface area contributed by atoms with Crippen molar-refractivity contribution in [1.29, 1.82) is 0 Å². The number of amides is 3. The Kier molecular flexibility index (Phi) is 5.11. The number of urea groups is 1. The second-order valence-corrected chi connectivity index (χ2v) is 7.68. The Morgan fingerprint density at radius 2 is 1.88 bits per heavy atom. The summed E-state index contributed by atoms with van der Waals surface area (Å²) < 4.78 is 5.95. The molecule has 2 aliphatic heterocycles. The maximum Gasteiger partial charge on any atom is 0.317 e. The molecule has 3 amide bonds. The Morgan fingerprint density at radius 1 is 1.12 bits per heavy atom. The van der Waals surface area contributed by atoms with E-state index in [0.29, 0.717) is 32.1 Å². The van der Waals surface area contributed by atoms with Gasteiger partial charge < -0.3 is 20.3 Å². The number of nitrogens with zero attached hydrogens (tertiary/aromatic N) is 1. The van der Waals surface area contributed by atoms with Crippen LogP contribution in [0.3, 0.4) is 0 Å². The van der Waals surface area contributed by atoms with Crippen molar-refractivity contribution in [3.63, 3.8) is 0 Å². The molecule has 2 N–H and O–H groups in total. The van der Waals surface area contributed by atoms with Crippen LogP contribution in [0.5, 0.6) is 0 Å². The zero-order chi connectivity index (χ0) is 17.9. The van der Waals surface area contributed by atoms with E-state index in [2.05, 4.69) is 10.6 Å². The monoisotopic (exact) mass is 357 g/mol. The van der Waals surface area contributed by atoms with Crippen LogP contribution >= 0.6 is 0 Å². The summed E-state index contributed by atoms with van der Waals surface area (Å²) in [6, 6.07) is 10.2. The third-order valence-electron chi connectivity index (χ3n) is 5.77. The summed E-state index contributed by atoms with van der Waals surface area (Å²) in [7, 11) is 0. The van der Waals surface area contributed by atoms with Crippen molar-refractivity contribution in [2.24, 2.45) is 5.92 Å². The van der Waals surface area contributed by atoms with E-state index in [0.717, 1.165) is 18.4 Å². The zero-order valence-corrected chi connectivity index (χ0v) is 15.0. The second-order valence-electron chi connectivity index (χ2n) is 7.68. The van der Waals surface area contributed by atoms with Gasteiger partial charge in [-0.25, -0.2) is 4.79 Å². The molecule has 3 aliphatic rings. The fourth-order valence-corrected chi connectivity index (χ4v) is 4.35. The molecule has 4 rings (SSSR count). The van der Waals surface area contributed by atoms with Crippen LogP contribution in [0.4, 0.5) is 4.79 Å². The number of carbonyl (C=O) groups is 2. The van der Waals surface area contributed by atoms with Gasteiger partial charge in [-0.3, -0.25) is 4.79 Å². The number of carbonyl (C=O) groups excluding carboxylic acids is 2. The molecule has 2 bridgehead atoms.